The second-order valence-corrected chi connectivity index (χ2v) is 5.43. The van der Waals surface area contributed by atoms with Crippen molar-refractivity contribution in [1.29, 1.82) is 0 Å². The van der Waals surface area contributed by atoms with Crippen LogP contribution in [0.2, 0.25) is 0 Å². The third-order valence-electron chi connectivity index (χ3n) is 3.04. The fraction of sp³-hybridized carbons (Fsp3) is 0.385. The molecule has 0 aliphatic heterocycles. The highest BCUT2D eigenvalue weighted by atomic mass is 79.9. The molecular formula is C13H15BrN2O3. The summed E-state index contributed by atoms with van der Waals surface area (Å²) in [5, 5.41) is 14.2. The monoisotopic (exact) mass is 326 g/mol. The summed E-state index contributed by atoms with van der Waals surface area (Å²) in [6.45, 7) is 0.351. The zero-order valence-corrected chi connectivity index (χ0v) is 11.8. The van der Waals surface area contributed by atoms with Crippen molar-refractivity contribution in [2.75, 3.05) is 0 Å². The highest BCUT2D eigenvalue weighted by Gasteiger charge is 2.37. The third-order valence-corrected chi connectivity index (χ3v) is 3.82. The molecule has 1 aliphatic rings. The summed E-state index contributed by atoms with van der Waals surface area (Å²) in [5.41, 5.74) is 0.941. The van der Waals surface area contributed by atoms with Gasteiger partial charge in [-0.25, -0.2) is 9.59 Å². The van der Waals surface area contributed by atoms with Gasteiger partial charge in [0.25, 0.3) is 0 Å². The molecule has 2 rings (SSSR count). The van der Waals surface area contributed by atoms with E-state index in [2.05, 4.69) is 26.6 Å². The predicted molar refractivity (Wildman–Crippen MR) is 73.7 cm³/mol. The van der Waals surface area contributed by atoms with Gasteiger partial charge in [-0.15, -0.1) is 0 Å². The van der Waals surface area contributed by atoms with E-state index in [0.717, 1.165) is 22.9 Å². The minimum Gasteiger partial charge on any atom is -0.480 e. The van der Waals surface area contributed by atoms with Crippen molar-refractivity contribution in [1.82, 2.24) is 10.6 Å². The van der Waals surface area contributed by atoms with Crippen LogP contribution in [0.25, 0.3) is 0 Å². The molecule has 1 aromatic rings. The van der Waals surface area contributed by atoms with Gasteiger partial charge >= 0.3 is 12.0 Å². The van der Waals surface area contributed by atoms with E-state index < -0.39 is 18.0 Å². The number of nitrogens with one attached hydrogen (secondary N) is 2. The number of halogens is 1. The van der Waals surface area contributed by atoms with E-state index >= 15 is 0 Å². The topological polar surface area (TPSA) is 78.4 Å². The standard InChI is InChI=1S/C13H15BrN2O3/c14-10-4-2-1-3-9(10)7-15-13(19)16-11(12(17)18)8-5-6-8/h1-4,8,11H,5-7H2,(H,17,18)(H2,15,16,19). The lowest BCUT2D eigenvalue weighted by Crippen LogP contribution is -2.47. The molecule has 19 heavy (non-hydrogen) atoms. The van der Waals surface area contributed by atoms with Crippen LogP contribution < -0.4 is 10.6 Å². The molecule has 0 saturated heterocycles. The zero-order chi connectivity index (χ0) is 13.8. The molecule has 0 bridgehead atoms. The van der Waals surface area contributed by atoms with Crippen molar-refractivity contribution in [3.63, 3.8) is 0 Å². The van der Waals surface area contributed by atoms with Gasteiger partial charge in [0.1, 0.15) is 6.04 Å². The lowest BCUT2D eigenvalue weighted by atomic mass is 10.2. The fourth-order valence-corrected chi connectivity index (χ4v) is 2.25. The van der Waals surface area contributed by atoms with Gasteiger partial charge in [-0.3, -0.25) is 0 Å². The molecule has 1 saturated carbocycles. The highest BCUT2D eigenvalue weighted by Crippen LogP contribution is 2.32. The Morgan fingerprint density at radius 1 is 1.37 bits per heavy atom. The number of hydrogen-bond acceptors (Lipinski definition) is 2. The molecule has 0 aromatic heterocycles. The number of rotatable bonds is 5. The summed E-state index contributed by atoms with van der Waals surface area (Å²) >= 11 is 3.39. The number of amides is 2. The Hall–Kier alpha value is -1.56. The number of carbonyl (C=O) groups is 2. The van der Waals surface area contributed by atoms with Gasteiger partial charge in [0.15, 0.2) is 0 Å². The highest BCUT2D eigenvalue weighted by molar-refractivity contribution is 9.10. The Labute approximate surface area is 119 Å². The minimum absolute atomic E-state index is 0.0757. The molecule has 0 spiro atoms. The van der Waals surface area contributed by atoms with E-state index in [1.54, 1.807) is 0 Å². The Kier molecular flexibility index (Phi) is 4.42. The minimum atomic E-state index is -0.974. The quantitative estimate of drug-likeness (QED) is 0.775. The average molecular weight is 327 g/mol. The molecule has 1 unspecified atom stereocenters. The maximum atomic E-state index is 11.7. The summed E-state index contributed by atoms with van der Waals surface area (Å²) in [7, 11) is 0. The number of carbonyl (C=O) groups excluding carboxylic acids is 1. The molecule has 102 valence electrons. The van der Waals surface area contributed by atoms with Crippen molar-refractivity contribution in [3.8, 4) is 0 Å². The van der Waals surface area contributed by atoms with E-state index in [1.165, 1.54) is 0 Å². The SMILES string of the molecule is O=C(NCc1ccccc1Br)NC(C(=O)O)C1CC1. The molecule has 3 N–H and O–H groups in total. The maximum absolute atomic E-state index is 11.7. The van der Waals surface area contributed by atoms with Crippen LogP contribution in [-0.2, 0) is 11.3 Å². The van der Waals surface area contributed by atoms with Gasteiger partial charge < -0.3 is 15.7 Å². The van der Waals surface area contributed by atoms with Gasteiger partial charge in [0, 0.05) is 11.0 Å². The Morgan fingerprint density at radius 2 is 2.05 bits per heavy atom. The van der Waals surface area contributed by atoms with Gasteiger partial charge in [-0.1, -0.05) is 34.1 Å². The zero-order valence-electron chi connectivity index (χ0n) is 10.2. The number of hydrogen-bond donors (Lipinski definition) is 3. The van der Waals surface area contributed by atoms with Crippen LogP contribution in [0.5, 0.6) is 0 Å². The summed E-state index contributed by atoms with van der Waals surface area (Å²) < 4.78 is 0.910. The number of aliphatic carboxylic acids is 1. The smallest absolute Gasteiger partial charge is 0.326 e. The van der Waals surface area contributed by atoms with E-state index in [-0.39, 0.29) is 5.92 Å². The number of carboxylic acids is 1. The first-order chi connectivity index (χ1) is 9.08. The summed E-state index contributed by atoms with van der Waals surface area (Å²) in [4.78, 5) is 22.7. The van der Waals surface area contributed by atoms with Crippen LogP contribution in [-0.4, -0.2) is 23.1 Å². The lowest BCUT2D eigenvalue weighted by Gasteiger charge is -2.14. The van der Waals surface area contributed by atoms with E-state index in [1.807, 2.05) is 24.3 Å². The molecule has 1 atom stereocenters. The molecule has 2 amide bonds. The molecule has 1 fully saturated rings. The van der Waals surface area contributed by atoms with Gasteiger partial charge in [-0.05, 0) is 30.4 Å². The Balaban J connectivity index is 1.84. The normalized spacial score (nSPS) is 15.6. The van der Waals surface area contributed by atoms with Crippen molar-refractivity contribution in [3.05, 3.63) is 34.3 Å². The number of carboxylic acid groups (broad SMARTS) is 1. The van der Waals surface area contributed by atoms with Crippen LogP contribution in [0.4, 0.5) is 4.79 Å². The predicted octanol–water partition coefficient (Wildman–Crippen LogP) is 2.11. The second-order valence-electron chi connectivity index (χ2n) is 4.57. The molecular weight excluding hydrogens is 312 g/mol. The summed E-state index contributed by atoms with van der Waals surface area (Å²) in [6.07, 6.45) is 1.73. The number of urea groups is 1. The fourth-order valence-electron chi connectivity index (χ4n) is 1.82. The lowest BCUT2D eigenvalue weighted by molar-refractivity contribution is -0.139. The Bertz CT molecular complexity index is 489. The first-order valence-electron chi connectivity index (χ1n) is 6.08. The number of benzene rings is 1. The summed E-state index contributed by atoms with van der Waals surface area (Å²) in [5.74, 6) is -0.898. The van der Waals surface area contributed by atoms with E-state index in [0.29, 0.717) is 6.54 Å². The molecule has 0 heterocycles. The van der Waals surface area contributed by atoms with Crippen LogP contribution >= 0.6 is 15.9 Å². The summed E-state index contributed by atoms with van der Waals surface area (Å²) in [6, 6.07) is 6.32. The molecule has 1 aromatic carbocycles. The van der Waals surface area contributed by atoms with Crippen LogP contribution in [0, 0.1) is 5.92 Å². The van der Waals surface area contributed by atoms with Crippen LogP contribution in [0.15, 0.2) is 28.7 Å². The third kappa shape index (κ3) is 3.96. The van der Waals surface area contributed by atoms with Crippen LogP contribution in [0.1, 0.15) is 18.4 Å². The van der Waals surface area contributed by atoms with Crippen molar-refractivity contribution in [2.24, 2.45) is 5.92 Å². The van der Waals surface area contributed by atoms with Crippen LogP contribution in [0.3, 0.4) is 0 Å². The molecule has 6 heteroatoms. The van der Waals surface area contributed by atoms with E-state index in [4.69, 9.17) is 5.11 Å². The first kappa shape index (κ1) is 13.9. The van der Waals surface area contributed by atoms with Crippen molar-refractivity contribution >= 4 is 27.9 Å². The second kappa shape index (κ2) is 6.06. The van der Waals surface area contributed by atoms with Crippen molar-refractivity contribution in [2.45, 2.75) is 25.4 Å². The molecule has 1 aliphatic carbocycles. The Morgan fingerprint density at radius 3 is 2.63 bits per heavy atom. The van der Waals surface area contributed by atoms with Gasteiger partial charge in [0.2, 0.25) is 0 Å². The van der Waals surface area contributed by atoms with Gasteiger partial charge in [0.05, 0.1) is 0 Å². The van der Waals surface area contributed by atoms with Gasteiger partial charge in [-0.2, -0.15) is 0 Å². The maximum Gasteiger partial charge on any atom is 0.326 e. The van der Waals surface area contributed by atoms with E-state index in [9.17, 15) is 9.59 Å². The van der Waals surface area contributed by atoms with Crippen molar-refractivity contribution < 1.29 is 14.7 Å². The largest absolute Gasteiger partial charge is 0.480 e. The molecule has 0 radical (unpaired) electrons. The first-order valence-corrected chi connectivity index (χ1v) is 6.88. The average Bonchev–Trinajstić information content (AvgIpc) is 3.19. The molecule has 5 nitrogen and oxygen atoms in total.